The minimum Gasteiger partial charge on any atom is -0.375 e. The number of hydrogen-bond acceptors (Lipinski definition) is 3. The number of aromatic nitrogens is 2. The van der Waals surface area contributed by atoms with E-state index in [1.165, 1.54) is 0 Å². The maximum atomic E-state index is 4.30. The zero-order chi connectivity index (χ0) is 13.8. The molecule has 2 aromatic rings. The normalized spacial score (nSPS) is 11.2. The Balaban J connectivity index is 2.24. The second kappa shape index (κ2) is 5.65. The van der Waals surface area contributed by atoms with E-state index in [1.54, 1.807) is 0 Å². The lowest BCUT2D eigenvalue weighted by Crippen LogP contribution is -2.25. The Hall–Kier alpha value is -2.17. The van der Waals surface area contributed by atoms with Gasteiger partial charge in [-0.1, -0.05) is 11.2 Å². The number of anilines is 1. The van der Waals surface area contributed by atoms with Crippen LogP contribution in [0, 0.1) is 0 Å². The maximum absolute atomic E-state index is 4.30. The molecule has 0 atom stereocenters. The van der Waals surface area contributed by atoms with Gasteiger partial charge in [-0.05, 0) is 25.1 Å². The number of hydrogen-bond donors (Lipinski definition) is 0. The molecule has 100 valence electrons. The van der Waals surface area contributed by atoms with Gasteiger partial charge in [0.1, 0.15) is 5.69 Å². The molecule has 1 aromatic heterocycles. The standard InChI is InChI=1S/C14H20N5/c1-5-17(2)13-8-6-7-12(11-13)15-16-14-18(3)9-10-19(14)4/h6-11H,5H2,1-4H3/q+1. The highest BCUT2D eigenvalue weighted by Gasteiger charge is 2.10. The van der Waals surface area contributed by atoms with Gasteiger partial charge in [0.05, 0.1) is 26.5 Å². The van der Waals surface area contributed by atoms with Crippen LogP contribution in [0.2, 0.25) is 0 Å². The Morgan fingerprint density at radius 2 is 2.11 bits per heavy atom. The predicted molar refractivity (Wildman–Crippen MR) is 76.2 cm³/mol. The van der Waals surface area contributed by atoms with Crippen LogP contribution in [0.15, 0.2) is 46.9 Å². The zero-order valence-electron chi connectivity index (χ0n) is 11.9. The van der Waals surface area contributed by atoms with Gasteiger partial charge < -0.3 is 4.90 Å². The number of benzene rings is 1. The Morgan fingerprint density at radius 1 is 1.32 bits per heavy atom. The third-order valence-corrected chi connectivity index (χ3v) is 3.14. The van der Waals surface area contributed by atoms with Crippen molar-refractivity contribution in [2.45, 2.75) is 6.92 Å². The van der Waals surface area contributed by atoms with E-state index in [4.69, 9.17) is 0 Å². The molecule has 0 aliphatic rings. The molecule has 0 amide bonds. The molecule has 0 N–H and O–H groups in total. The summed E-state index contributed by atoms with van der Waals surface area (Å²) < 4.78 is 3.87. The van der Waals surface area contributed by atoms with Crippen LogP contribution in [0.1, 0.15) is 6.92 Å². The molecular formula is C14H20N5+. The minimum absolute atomic E-state index is 0.814. The first-order chi connectivity index (χ1) is 9.11. The molecule has 0 radical (unpaired) electrons. The number of nitrogens with zero attached hydrogens (tertiary/aromatic N) is 5. The van der Waals surface area contributed by atoms with Crippen molar-refractivity contribution in [1.29, 1.82) is 0 Å². The van der Waals surface area contributed by atoms with E-state index < -0.39 is 0 Å². The van der Waals surface area contributed by atoms with Gasteiger partial charge in [-0.2, -0.15) is 0 Å². The largest absolute Gasteiger partial charge is 0.421 e. The van der Waals surface area contributed by atoms with Gasteiger partial charge in [0, 0.05) is 24.4 Å². The summed E-state index contributed by atoms with van der Waals surface area (Å²) in [5.41, 5.74) is 2.01. The zero-order valence-corrected chi connectivity index (χ0v) is 11.9. The SMILES string of the molecule is CCN(C)c1cccc(N=Nc2n(C)cc[n+]2C)c1. The van der Waals surface area contributed by atoms with Gasteiger partial charge >= 0.3 is 5.95 Å². The van der Waals surface area contributed by atoms with Gasteiger partial charge in [-0.15, -0.1) is 0 Å². The summed E-state index contributed by atoms with van der Waals surface area (Å²) in [4.78, 5) is 2.17. The molecule has 5 nitrogen and oxygen atoms in total. The highest BCUT2D eigenvalue weighted by molar-refractivity contribution is 5.54. The Morgan fingerprint density at radius 3 is 2.74 bits per heavy atom. The average Bonchev–Trinajstić information content (AvgIpc) is 2.75. The topological polar surface area (TPSA) is 36.8 Å². The van der Waals surface area contributed by atoms with Crippen LogP contribution >= 0.6 is 0 Å². The third kappa shape index (κ3) is 2.99. The summed E-state index contributed by atoms with van der Waals surface area (Å²) in [6.45, 7) is 3.09. The minimum atomic E-state index is 0.814. The van der Waals surface area contributed by atoms with E-state index in [2.05, 4.69) is 35.2 Å². The second-order valence-corrected chi connectivity index (χ2v) is 4.55. The van der Waals surface area contributed by atoms with Crippen molar-refractivity contribution >= 4 is 17.3 Å². The van der Waals surface area contributed by atoms with Crippen LogP contribution in [0.4, 0.5) is 17.3 Å². The van der Waals surface area contributed by atoms with E-state index >= 15 is 0 Å². The molecule has 0 saturated carbocycles. The number of aryl methyl sites for hydroxylation is 2. The number of azo groups is 1. The van der Waals surface area contributed by atoms with Crippen molar-refractivity contribution in [3.63, 3.8) is 0 Å². The van der Waals surface area contributed by atoms with E-state index in [-0.39, 0.29) is 0 Å². The summed E-state index contributed by atoms with van der Waals surface area (Å²) in [5.74, 6) is 0.814. The number of rotatable bonds is 4. The van der Waals surface area contributed by atoms with Crippen LogP contribution in [-0.4, -0.2) is 18.2 Å². The van der Waals surface area contributed by atoms with Crippen molar-refractivity contribution in [1.82, 2.24) is 4.57 Å². The first-order valence-corrected chi connectivity index (χ1v) is 6.35. The fourth-order valence-corrected chi connectivity index (χ4v) is 1.80. The molecule has 2 rings (SSSR count). The first-order valence-electron chi connectivity index (χ1n) is 6.35. The van der Waals surface area contributed by atoms with E-state index in [9.17, 15) is 0 Å². The highest BCUT2D eigenvalue weighted by atomic mass is 15.3. The van der Waals surface area contributed by atoms with Crippen molar-refractivity contribution in [2.24, 2.45) is 24.3 Å². The molecule has 5 heteroatoms. The van der Waals surface area contributed by atoms with Crippen LogP contribution in [0.3, 0.4) is 0 Å². The summed E-state index contributed by atoms with van der Waals surface area (Å²) in [6, 6.07) is 8.07. The van der Waals surface area contributed by atoms with Crippen LogP contribution in [0.25, 0.3) is 0 Å². The molecule has 0 saturated heterocycles. The van der Waals surface area contributed by atoms with Crippen LogP contribution in [0.5, 0.6) is 0 Å². The molecule has 0 unspecified atom stereocenters. The van der Waals surface area contributed by atoms with E-state index in [1.807, 2.05) is 53.8 Å². The summed E-state index contributed by atoms with van der Waals surface area (Å²) in [5, 5.41) is 8.60. The highest BCUT2D eigenvalue weighted by Crippen LogP contribution is 2.22. The van der Waals surface area contributed by atoms with Crippen molar-refractivity contribution in [3.8, 4) is 0 Å². The van der Waals surface area contributed by atoms with Crippen LogP contribution < -0.4 is 9.47 Å². The van der Waals surface area contributed by atoms with Gasteiger partial charge in [-0.3, -0.25) is 0 Å². The monoisotopic (exact) mass is 258 g/mol. The molecule has 0 spiro atoms. The molecular weight excluding hydrogens is 238 g/mol. The molecule has 0 aliphatic heterocycles. The molecule has 0 bridgehead atoms. The summed E-state index contributed by atoms with van der Waals surface area (Å²) in [7, 11) is 5.97. The fraction of sp³-hybridized carbons (Fsp3) is 0.357. The molecule has 0 aliphatic carbocycles. The first kappa shape index (κ1) is 13.3. The van der Waals surface area contributed by atoms with Crippen LogP contribution in [-0.2, 0) is 14.1 Å². The van der Waals surface area contributed by atoms with Gasteiger partial charge in [-0.25, -0.2) is 9.13 Å². The van der Waals surface area contributed by atoms with Gasteiger partial charge in [0.25, 0.3) is 0 Å². The molecule has 0 fully saturated rings. The predicted octanol–water partition coefficient (Wildman–Crippen LogP) is 2.72. The molecule has 1 heterocycles. The number of imidazole rings is 1. The Labute approximate surface area is 113 Å². The fourth-order valence-electron chi connectivity index (χ4n) is 1.80. The van der Waals surface area contributed by atoms with E-state index in [0.717, 1.165) is 23.9 Å². The average molecular weight is 258 g/mol. The smallest absolute Gasteiger partial charge is 0.375 e. The lowest BCUT2D eigenvalue weighted by atomic mass is 10.2. The van der Waals surface area contributed by atoms with Crippen molar-refractivity contribution in [2.75, 3.05) is 18.5 Å². The summed E-state index contributed by atoms with van der Waals surface area (Å²) in [6.07, 6.45) is 3.91. The van der Waals surface area contributed by atoms with Gasteiger partial charge in [0.15, 0.2) is 0 Å². The lowest BCUT2D eigenvalue weighted by Gasteiger charge is -2.16. The second-order valence-electron chi connectivity index (χ2n) is 4.55. The van der Waals surface area contributed by atoms with E-state index in [0.29, 0.717) is 0 Å². The quantitative estimate of drug-likeness (QED) is 0.613. The van der Waals surface area contributed by atoms with Crippen molar-refractivity contribution < 1.29 is 4.57 Å². The Bertz CT molecular complexity index is 566. The molecule has 1 aromatic carbocycles. The lowest BCUT2D eigenvalue weighted by molar-refractivity contribution is -0.657. The maximum Gasteiger partial charge on any atom is 0.421 e. The summed E-state index contributed by atoms with van der Waals surface area (Å²) >= 11 is 0. The van der Waals surface area contributed by atoms with Crippen molar-refractivity contribution in [3.05, 3.63) is 36.7 Å². The Kier molecular flexibility index (Phi) is 3.94. The molecule has 19 heavy (non-hydrogen) atoms. The third-order valence-electron chi connectivity index (χ3n) is 3.14. The van der Waals surface area contributed by atoms with Gasteiger partial charge in [0.2, 0.25) is 0 Å².